The van der Waals surface area contributed by atoms with Crippen LogP contribution >= 0.6 is 0 Å². The minimum absolute atomic E-state index is 0.0298. The summed E-state index contributed by atoms with van der Waals surface area (Å²) in [5.41, 5.74) is 2.51. The highest BCUT2D eigenvalue weighted by Gasteiger charge is 2.18. The third-order valence-corrected chi connectivity index (χ3v) is 5.73. The molecule has 1 heterocycles. The van der Waals surface area contributed by atoms with Crippen LogP contribution in [0.25, 0.3) is 22.0 Å². The number of nitrogens with zero attached hydrogens (tertiary/aromatic N) is 2. The van der Waals surface area contributed by atoms with Gasteiger partial charge in [0.05, 0.1) is 16.8 Å². The maximum Gasteiger partial charge on any atom is 0.223 e. The summed E-state index contributed by atoms with van der Waals surface area (Å²) in [6.07, 6.45) is 8.49. The van der Waals surface area contributed by atoms with Crippen molar-refractivity contribution in [3.8, 4) is 11.1 Å². The minimum atomic E-state index is -0.592. The van der Waals surface area contributed by atoms with Gasteiger partial charge in [0.1, 0.15) is 5.82 Å². The third-order valence-electron chi connectivity index (χ3n) is 5.73. The number of hydrogen-bond donors (Lipinski definition) is 2. The molecule has 1 saturated carbocycles. The van der Waals surface area contributed by atoms with Gasteiger partial charge in [-0.1, -0.05) is 26.2 Å². The average molecular weight is 396 g/mol. The summed E-state index contributed by atoms with van der Waals surface area (Å²) in [5, 5.41) is 7.00. The molecule has 2 N–H and O–H groups in total. The second kappa shape index (κ2) is 8.31. The van der Waals surface area contributed by atoms with E-state index in [-0.39, 0.29) is 11.3 Å². The van der Waals surface area contributed by atoms with Crippen LogP contribution in [0.1, 0.15) is 44.6 Å². The van der Waals surface area contributed by atoms with Crippen molar-refractivity contribution in [3.05, 3.63) is 47.7 Å². The maximum atomic E-state index is 14.8. The zero-order valence-electron chi connectivity index (χ0n) is 16.9. The van der Waals surface area contributed by atoms with Crippen LogP contribution in [0.2, 0.25) is 0 Å². The summed E-state index contributed by atoms with van der Waals surface area (Å²) in [4.78, 5) is 9.20. The van der Waals surface area contributed by atoms with Crippen molar-refractivity contribution in [3.63, 3.8) is 0 Å². The zero-order chi connectivity index (χ0) is 20.4. The van der Waals surface area contributed by atoms with Gasteiger partial charge in [-0.05, 0) is 54.7 Å². The number of fused-ring (bicyclic) bond motifs is 1. The van der Waals surface area contributed by atoms with Gasteiger partial charge in [-0.25, -0.2) is 18.7 Å². The van der Waals surface area contributed by atoms with Gasteiger partial charge in [0.15, 0.2) is 5.82 Å². The van der Waals surface area contributed by atoms with Crippen LogP contribution in [0.15, 0.2) is 30.5 Å². The largest absolute Gasteiger partial charge is 0.386 e. The number of rotatable bonds is 5. The maximum absolute atomic E-state index is 14.8. The zero-order valence-corrected chi connectivity index (χ0v) is 16.9. The standard InChI is InChI=1S/C23H26F2N4/c1-3-14-11-15(20-18(24)9-10-19(26-2)21(20)25)12-16-13-27-23(29-22(14)16)28-17-7-5-4-6-8-17/h9-13,17,26H,3-8H2,1-2H3,(H,27,28,29). The fourth-order valence-electron chi connectivity index (χ4n) is 4.14. The van der Waals surface area contributed by atoms with E-state index in [0.29, 0.717) is 24.0 Å². The van der Waals surface area contributed by atoms with Gasteiger partial charge >= 0.3 is 0 Å². The van der Waals surface area contributed by atoms with Gasteiger partial charge in [0, 0.05) is 24.7 Å². The Morgan fingerprint density at radius 3 is 2.62 bits per heavy atom. The van der Waals surface area contributed by atoms with Gasteiger partial charge in [-0.15, -0.1) is 0 Å². The summed E-state index contributed by atoms with van der Waals surface area (Å²) in [5.74, 6) is -0.550. The molecule has 2 aromatic carbocycles. The van der Waals surface area contributed by atoms with E-state index in [1.54, 1.807) is 19.3 Å². The smallest absolute Gasteiger partial charge is 0.223 e. The molecule has 29 heavy (non-hydrogen) atoms. The lowest BCUT2D eigenvalue weighted by Gasteiger charge is -2.22. The molecule has 0 atom stereocenters. The molecule has 0 spiro atoms. The second-order valence-corrected chi connectivity index (χ2v) is 7.63. The number of aryl methyl sites for hydroxylation is 1. The summed E-state index contributed by atoms with van der Waals surface area (Å²) in [6.45, 7) is 2.02. The first-order chi connectivity index (χ1) is 14.1. The molecule has 1 aliphatic rings. The highest BCUT2D eigenvalue weighted by atomic mass is 19.1. The lowest BCUT2D eigenvalue weighted by atomic mass is 9.96. The predicted molar refractivity (Wildman–Crippen MR) is 114 cm³/mol. The highest BCUT2D eigenvalue weighted by molar-refractivity contribution is 5.88. The van der Waals surface area contributed by atoms with Gasteiger partial charge in [-0.3, -0.25) is 0 Å². The molecule has 0 radical (unpaired) electrons. The number of benzene rings is 2. The molecular formula is C23H26F2N4. The molecule has 0 unspecified atom stereocenters. The minimum Gasteiger partial charge on any atom is -0.386 e. The summed E-state index contributed by atoms with van der Waals surface area (Å²) in [7, 11) is 1.62. The molecule has 6 heteroatoms. The number of anilines is 2. The monoisotopic (exact) mass is 396 g/mol. The van der Waals surface area contributed by atoms with E-state index in [1.165, 1.54) is 31.4 Å². The Kier molecular flexibility index (Phi) is 5.60. The van der Waals surface area contributed by atoms with Crippen molar-refractivity contribution in [1.82, 2.24) is 9.97 Å². The normalized spacial score (nSPS) is 14.9. The Bertz CT molecular complexity index is 1030. The van der Waals surface area contributed by atoms with Gasteiger partial charge in [0.25, 0.3) is 0 Å². The van der Waals surface area contributed by atoms with E-state index in [1.807, 2.05) is 13.0 Å². The molecule has 0 bridgehead atoms. The molecule has 0 aliphatic heterocycles. The molecule has 4 nitrogen and oxygen atoms in total. The Labute approximate surface area is 169 Å². The number of halogens is 2. The second-order valence-electron chi connectivity index (χ2n) is 7.63. The Hall–Kier alpha value is -2.76. The molecule has 1 fully saturated rings. The molecule has 4 rings (SSSR count). The van der Waals surface area contributed by atoms with E-state index < -0.39 is 11.6 Å². The number of aromatic nitrogens is 2. The summed E-state index contributed by atoms with van der Waals surface area (Å²) in [6, 6.07) is 6.70. The summed E-state index contributed by atoms with van der Waals surface area (Å²) < 4.78 is 29.3. The fraction of sp³-hybridized carbons (Fsp3) is 0.391. The van der Waals surface area contributed by atoms with Crippen molar-refractivity contribution in [2.24, 2.45) is 0 Å². The number of nitrogens with one attached hydrogen (secondary N) is 2. The van der Waals surface area contributed by atoms with E-state index in [0.717, 1.165) is 29.3 Å². The third kappa shape index (κ3) is 3.88. The quantitative estimate of drug-likeness (QED) is 0.562. The van der Waals surface area contributed by atoms with Crippen LogP contribution in [0.3, 0.4) is 0 Å². The molecule has 0 amide bonds. The van der Waals surface area contributed by atoms with E-state index in [9.17, 15) is 8.78 Å². The number of hydrogen-bond acceptors (Lipinski definition) is 4. The van der Waals surface area contributed by atoms with Gasteiger partial charge in [-0.2, -0.15) is 0 Å². The molecule has 0 saturated heterocycles. The van der Waals surface area contributed by atoms with Gasteiger partial charge in [0.2, 0.25) is 5.95 Å². The van der Waals surface area contributed by atoms with Crippen molar-refractivity contribution >= 4 is 22.5 Å². The summed E-state index contributed by atoms with van der Waals surface area (Å²) >= 11 is 0. The van der Waals surface area contributed by atoms with Crippen LogP contribution in [-0.4, -0.2) is 23.1 Å². The molecular weight excluding hydrogens is 370 g/mol. The van der Waals surface area contributed by atoms with E-state index in [4.69, 9.17) is 4.98 Å². The van der Waals surface area contributed by atoms with Crippen LogP contribution in [0.5, 0.6) is 0 Å². The van der Waals surface area contributed by atoms with Crippen molar-refractivity contribution < 1.29 is 8.78 Å². The van der Waals surface area contributed by atoms with Crippen LogP contribution in [0, 0.1) is 11.6 Å². The van der Waals surface area contributed by atoms with Crippen LogP contribution in [0.4, 0.5) is 20.4 Å². The predicted octanol–water partition coefficient (Wildman–Crippen LogP) is 5.92. The molecule has 3 aromatic rings. The van der Waals surface area contributed by atoms with Crippen molar-refractivity contribution in [1.29, 1.82) is 0 Å². The van der Waals surface area contributed by atoms with E-state index in [2.05, 4.69) is 15.6 Å². The topological polar surface area (TPSA) is 49.8 Å². The lowest BCUT2D eigenvalue weighted by molar-refractivity contribution is 0.461. The van der Waals surface area contributed by atoms with E-state index >= 15 is 0 Å². The first-order valence-electron chi connectivity index (χ1n) is 10.3. The Morgan fingerprint density at radius 1 is 1.10 bits per heavy atom. The van der Waals surface area contributed by atoms with Crippen LogP contribution < -0.4 is 10.6 Å². The molecule has 1 aromatic heterocycles. The lowest BCUT2D eigenvalue weighted by Crippen LogP contribution is -2.23. The van der Waals surface area contributed by atoms with Crippen molar-refractivity contribution in [2.45, 2.75) is 51.5 Å². The van der Waals surface area contributed by atoms with Crippen molar-refractivity contribution in [2.75, 3.05) is 17.7 Å². The molecule has 152 valence electrons. The first kappa shape index (κ1) is 19.6. The Morgan fingerprint density at radius 2 is 1.90 bits per heavy atom. The fourth-order valence-corrected chi connectivity index (χ4v) is 4.14. The van der Waals surface area contributed by atoms with Crippen LogP contribution in [-0.2, 0) is 6.42 Å². The van der Waals surface area contributed by atoms with Gasteiger partial charge < -0.3 is 10.6 Å². The molecule has 1 aliphatic carbocycles. The average Bonchev–Trinajstić information content (AvgIpc) is 2.74. The highest BCUT2D eigenvalue weighted by Crippen LogP contribution is 2.34. The first-order valence-corrected chi connectivity index (χ1v) is 10.3. The Balaban J connectivity index is 1.76. The SMILES string of the molecule is CCc1cc(-c2c(F)ccc(NC)c2F)cc2cnc(NC3CCCCC3)nc12.